The van der Waals surface area contributed by atoms with E-state index in [9.17, 15) is 0 Å². The van der Waals surface area contributed by atoms with E-state index in [2.05, 4.69) is 24.9 Å². The third-order valence-corrected chi connectivity index (χ3v) is 3.10. The molecule has 1 heterocycles. The van der Waals surface area contributed by atoms with Crippen LogP contribution < -0.4 is 5.73 Å². The summed E-state index contributed by atoms with van der Waals surface area (Å²) in [7, 11) is 0. The Hall–Kier alpha value is -0.890. The second kappa shape index (κ2) is 7.39. The van der Waals surface area contributed by atoms with Crippen molar-refractivity contribution in [1.29, 1.82) is 0 Å². The van der Waals surface area contributed by atoms with E-state index in [4.69, 9.17) is 5.73 Å². The van der Waals surface area contributed by atoms with Gasteiger partial charge in [0.2, 0.25) is 0 Å². The molecule has 0 aromatic carbocycles. The molecule has 0 saturated carbocycles. The zero-order chi connectivity index (χ0) is 11.8. The van der Waals surface area contributed by atoms with Gasteiger partial charge in [0.05, 0.1) is 0 Å². The average Bonchev–Trinajstić information content (AvgIpc) is 2.30. The maximum atomic E-state index is 6.28. The van der Waals surface area contributed by atoms with Gasteiger partial charge in [-0.3, -0.25) is 4.98 Å². The quantitative estimate of drug-likeness (QED) is 0.766. The molecule has 0 amide bonds. The highest BCUT2D eigenvalue weighted by atomic mass is 14.7. The van der Waals surface area contributed by atoms with Crippen molar-refractivity contribution in [2.45, 2.75) is 52.0 Å². The standard InChI is InChI=1S/C14H24N2/c1-3-7-12(8-4-2)14(15)11-13-9-5-6-10-16-13/h5-6,9-10,12,14H,3-4,7-8,11,15H2,1-2H3. The Bertz CT molecular complexity index is 265. The predicted octanol–water partition coefficient (Wildman–Crippen LogP) is 3.17. The van der Waals surface area contributed by atoms with E-state index in [0.717, 1.165) is 12.1 Å². The second-order valence-corrected chi connectivity index (χ2v) is 4.53. The van der Waals surface area contributed by atoms with Gasteiger partial charge in [-0.25, -0.2) is 0 Å². The van der Waals surface area contributed by atoms with Crippen LogP contribution in [0.2, 0.25) is 0 Å². The first kappa shape index (κ1) is 13.2. The molecule has 1 atom stereocenters. The van der Waals surface area contributed by atoms with Crippen molar-refractivity contribution >= 4 is 0 Å². The number of pyridine rings is 1. The Morgan fingerprint density at radius 3 is 2.38 bits per heavy atom. The average molecular weight is 220 g/mol. The normalized spacial score (nSPS) is 13.0. The van der Waals surface area contributed by atoms with Crippen LogP contribution in [0.25, 0.3) is 0 Å². The highest BCUT2D eigenvalue weighted by Gasteiger charge is 2.16. The Labute approximate surface area is 99.3 Å². The first-order valence-corrected chi connectivity index (χ1v) is 6.43. The van der Waals surface area contributed by atoms with E-state index in [1.165, 1.54) is 25.7 Å². The van der Waals surface area contributed by atoms with Crippen molar-refractivity contribution in [2.24, 2.45) is 11.7 Å². The zero-order valence-electron chi connectivity index (χ0n) is 10.5. The van der Waals surface area contributed by atoms with Gasteiger partial charge in [-0.15, -0.1) is 0 Å². The van der Waals surface area contributed by atoms with Gasteiger partial charge in [-0.2, -0.15) is 0 Å². The molecule has 0 radical (unpaired) electrons. The SMILES string of the molecule is CCCC(CCC)C(N)Cc1ccccn1. The van der Waals surface area contributed by atoms with Gasteiger partial charge in [0.15, 0.2) is 0 Å². The predicted molar refractivity (Wildman–Crippen MR) is 69.2 cm³/mol. The summed E-state index contributed by atoms with van der Waals surface area (Å²) in [5.41, 5.74) is 7.40. The lowest BCUT2D eigenvalue weighted by molar-refractivity contribution is 0.358. The molecule has 2 N–H and O–H groups in total. The van der Waals surface area contributed by atoms with Crippen LogP contribution in [0.5, 0.6) is 0 Å². The van der Waals surface area contributed by atoms with Crippen LogP contribution in [0.3, 0.4) is 0 Å². The first-order chi connectivity index (χ1) is 7.77. The number of nitrogens with two attached hydrogens (primary N) is 1. The van der Waals surface area contributed by atoms with Gasteiger partial charge in [0.25, 0.3) is 0 Å². The second-order valence-electron chi connectivity index (χ2n) is 4.53. The highest BCUT2D eigenvalue weighted by Crippen LogP contribution is 2.18. The van der Waals surface area contributed by atoms with Crippen molar-refractivity contribution in [3.05, 3.63) is 30.1 Å². The van der Waals surface area contributed by atoms with Crippen LogP contribution in [0.1, 0.15) is 45.2 Å². The molecular formula is C14H24N2. The molecule has 2 nitrogen and oxygen atoms in total. The highest BCUT2D eigenvalue weighted by molar-refractivity contribution is 5.05. The fourth-order valence-electron chi connectivity index (χ4n) is 2.24. The van der Waals surface area contributed by atoms with Crippen LogP contribution in [0, 0.1) is 5.92 Å². The molecule has 1 unspecified atom stereocenters. The summed E-state index contributed by atoms with van der Waals surface area (Å²) >= 11 is 0. The number of nitrogens with zero attached hydrogens (tertiary/aromatic N) is 1. The van der Waals surface area contributed by atoms with Gasteiger partial charge in [-0.1, -0.05) is 32.8 Å². The summed E-state index contributed by atoms with van der Waals surface area (Å²) in [5, 5.41) is 0. The molecule has 0 fully saturated rings. The van der Waals surface area contributed by atoms with Crippen molar-refractivity contribution in [3.8, 4) is 0 Å². The summed E-state index contributed by atoms with van der Waals surface area (Å²) in [4.78, 5) is 4.34. The molecular weight excluding hydrogens is 196 g/mol. The monoisotopic (exact) mass is 220 g/mol. The smallest absolute Gasteiger partial charge is 0.0419 e. The molecule has 16 heavy (non-hydrogen) atoms. The van der Waals surface area contributed by atoms with Crippen LogP contribution in [-0.2, 0) is 6.42 Å². The van der Waals surface area contributed by atoms with Crippen LogP contribution in [-0.4, -0.2) is 11.0 Å². The molecule has 0 aliphatic rings. The summed E-state index contributed by atoms with van der Waals surface area (Å²) < 4.78 is 0. The first-order valence-electron chi connectivity index (χ1n) is 6.43. The Morgan fingerprint density at radius 1 is 1.19 bits per heavy atom. The van der Waals surface area contributed by atoms with Gasteiger partial charge in [0, 0.05) is 24.4 Å². The lowest BCUT2D eigenvalue weighted by Gasteiger charge is -2.22. The summed E-state index contributed by atoms with van der Waals surface area (Å²) in [5.74, 6) is 0.650. The number of hydrogen-bond acceptors (Lipinski definition) is 2. The maximum absolute atomic E-state index is 6.28. The molecule has 1 aromatic heterocycles. The Balaban J connectivity index is 2.51. The Morgan fingerprint density at radius 2 is 1.88 bits per heavy atom. The molecule has 1 rings (SSSR count). The van der Waals surface area contributed by atoms with Crippen molar-refractivity contribution in [2.75, 3.05) is 0 Å². The number of hydrogen-bond donors (Lipinski definition) is 1. The fraction of sp³-hybridized carbons (Fsp3) is 0.643. The van der Waals surface area contributed by atoms with Gasteiger partial charge < -0.3 is 5.73 Å². The molecule has 0 bridgehead atoms. The van der Waals surface area contributed by atoms with E-state index in [-0.39, 0.29) is 6.04 Å². The molecule has 2 heteroatoms. The van der Waals surface area contributed by atoms with Crippen molar-refractivity contribution in [3.63, 3.8) is 0 Å². The largest absolute Gasteiger partial charge is 0.327 e. The maximum Gasteiger partial charge on any atom is 0.0419 e. The van der Waals surface area contributed by atoms with Crippen LogP contribution in [0.15, 0.2) is 24.4 Å². The molecule has 0 saturated heterocycles. The van der Waals surface area contributed by atoms with E-state index < -0.39 is 0 Å². The van der Waals surface area contributed by atoms with Gasteiger partial charge in [-0.05, 0) is 30.9 Å². The van der Waals surface area contributed by atoms with Crippen molar-refractivity contribution < 1.29 is 0 Å². The van der Waals surface area contributed by atoms with Crippen LogP contribution in [0.4, 0.5) is 0 Å². The van der Waals surface area contributed by atoms with Gasteiger partial charge >= 0.3 is 0 Å². The minimum atomic E-state index is 0.259. The van der Waals surface area contributed by atoms with E-state index >= 15 is 0 Å². The number of rotatable bonds is 7. The third kappa shape index (κ3) is 4.31. The molecule has 1 aromatic rings. The minimum absolute atomic E-state index is 0.259. The fourth-order valence-corrected chi connectivity index (χ4v) is 2.24. The van der Waals surface area contributed by atoms with E-state index in [1.807, 2.05) is 18.3 Å². The lowest BCUT2D eigenvalue weighted by Crippen LogP contribution is -2.32. The van der Waals surface area contributed by atoms with Crippen LogP contribution >= 0.6 is 0 Å². The molecule has 0 aliphatic heterocycles. The zero-order valence-corrected chi connectivity index (χ0v) is 10.5. The van der Waals surface area contributed by atoms with E-state index in [0.29, 0.717) is 5.92 Å². The Kier molecular flexibility index (Phi) is 6.09. The summed E-state index contributed by atoms with van der Waals surface area (Å²) in [6.07, 6.45) is 7.67. The summed E-state index contributed by atoms with van der Waals surface area (Å²) in [6, 6.07) is 6.30. The third-order valence-electron chi connectivity index (χ3n) is 3.10. The number of aromatic nitrogens is 1. The molecule has 0 spiro atoms. The van der Waals surface area contributed by atoms with Crippen molar-refractivity contribution in [1.82, 2.24) is 4.98 Å². The topological polar surface area (TPSA) is 38.9 Å². The van der Waals surface area contributed by atoms with E-state index in [1.54, 1.807) is 0 Å². The molecule has 0 aliphatic carbocycles. The minimum Gasteiger partial charge on any atom is -0.327 e. The van der Waals surface area contributed by atoms with Gasteiger partial charge in [0.1, 0.15) is 0 Å². The molecule has 90 valence electrons. The summed E-state index contributed by atoms with van der Waals surface area (Å²) in [6.45, 7) is 4.46. The lowest BCUT2D eigenvalue weighted by atomic mass is 9.88.